The molecule has 3 nitrogen and oxygen atoms in total. The minimum atomic E-state index is -0.559. The van der Waals surface area contributed by atoms with Crippen molar-refractivity contribution in [2.45, 2.75) is 31.6 Å². The summed E-state index contributed by atoms with van der Waals surface area (Å²) in [4.78, 5) is 19.2. The van der Waals surface area contributed by atoms with Gasteiger partial charge in [0.15, 0.2) is 5.13 Å². The van der Waals surface area contributed by atoms with Crippen molar-refractivity contribution in [3.63, 3.8) is 0 Å². The number of fused-ring (bicyclic) bond motifs is 1. The Hall–Kier alpha value is -3.31. The highest BCUT2D eigenvalue weighted by Gasteiger charge is 2.53. The van der Waals surface area contributed by atoms with Crippen LogP contribution in [0, 0.1) is 11.2 Å². The average molecular weight is 455 g/mol. The number of benzene rings is 3. The molecule has 1 atom stereocenters. The SMILES string of the molecule is C[C@@]1(C(=O)Nc2ncc(Cc3ccc(F)cc3)s2)CC2c3ccccc3C1c1ccccc12. The summed E-state index contributed by atoms with van der Waals surface area (Å²) in [6.07, 6.45) is 3.24. The van der Waals surface area contributed by atoms with Gasteiger partial charge in [-0.15, -0.1) is 11.3 Å². The van der Waals surface area contributed by atoms with Gasteiger partial charge in [-0.05, 0) is 53.3 Å². The van der Waals surface area contributed by atoms with Crippen molar-refractivity contribution < 1.29 is 9.18 Å². The zero-order valence-electron chi connectivity index (χ0n) is 18.2. The van der Waals surface area contributed by atoms with E-state index in [1.165, 1.54) is 45.7 Å². The molecule has 0 unspecified atom stereocenters. The number of aromatic nitrogens is 1. The number of anilines is 1. The van der Waals surface area contributed by atoms with Crippen molar-refractivity contribution in [1.29, 1.82) is 0 Å². The summed E-state index contributed by atoms with van der Waals surface area (Å²) >= 11 is 1.48. The molecule has 7 rings (SSSR count). The Balaban J connectivity index is 1.28. The van der Waals surface area contributed by atoms with Crippen molar-refractivity contribution in [1.82, 2.24) is 4.98 Å². The lowest BCUT2D eigenvalue weighted by Gasteiger charge is -2.50. The van der Waals surface area contributed by atoms with E-state index in [9.17, 15) is 9.18 Å². The molecule has 2 bridgehead atoms. The van der Waals surface area contributed by atoms with Crippen molar-refractivity contribution in [2.75, 3.05) is 5.32 Å². The molecule has 1 amide bonds. The highest BCUT2D eigenvalue weighted by molar-refractivity contribution is 7.15. The highest BCUT2D eigenvalue weighted by atomic mass is 32.1. The fourth-order valence-corrected chi connectivity index (χ4v) is 6.52. The topological polar surface area (TPSA) is 42.0 Å². The molecular formula is C28H23FN2OS. The number of nitrogens with one attached hydrogen (secondary N) is 1. The summed E-state index contributed by atoms with van der Waals surface area (Å²) in [6, 6.07) is 23.6. The molecule has 0 aliphatic heterocycles. The first kappa shape index (κ1) is 20.3. The number of thiazole rings is 1. The molecule has 1 aromatic heterocycles. The van der Waals surface area contributed by atoms with Crippen LogP contribution in [-0.4, -0.2) is 10.9 Å². The van der Waals surface area contributed by atoms with E-state index in [-0.39, 0.29) is 23.6 Å². The predicted octanol–water partition coefficient (Wildman–Crippen LogP) is 6.50. The Morgan fingerprint density at radius 1 is 1.00 bits per heavy atom. The van der Waals surface area contributed by atoms with Crippen LogP contribution in [-0.2, 0) is 11.2 Å². The molecule has 3 aliphatic carbocycles. The smallest absolute Gasteiger partial charge is 0.233 e. The number of nitrogens with zero attached hydrogens (tertiary/aromatic N) is 1. The first-order valence-electron chi connectivity index (χ1n) is 11.2. The standard InChI is InChI=1S/C28H23FN2OS/c1-28(26(32)31-27-30-16-19(33-27)14-17-10-12-18(29)13-11-17)15-24-20-6-2-4-8-22(20)25(28)23-9-5-3-7-21(23)24/h2-13,16,24-25H,14-15H2,1H3,(H,30,31,32)/t24?,25?,28-/m1/s1. The van der Waals surface area contributed by atoms with E-state index in [1.54, 1.807) is 18.3 Å². The molecule has 0 spiro atoms. The van der Waals surface area contributed by atoms with E-state index in [2.05, 4.69) is 65.8 Å². The molecule has 1 N–H and O–H groups in total. The van der Waals surface area contributed by atoms with E-state index in [0.717, 1.165) is 16.9 Å². The minimum absolute atomic E-state index is 0.0178. The van der Waals surface area contributed by atoms with E-state index in [1.807, 2.05) is 0 Å². The molecular weight excluding hydrogens is 431 g/mol. The number of hydrogen-bond acceptors (Lipinski definition) is 3. The Morgan fingerprint density at radius 3 is 2.24 bits per heavy atom. The van der Waals surface area contributed by atoms with Crippen LogP contribution < -0.4 is 5.32 Å². The number of carbonyl (C=O) groups is 1. The molecule has 0 saturated carbocycles. The second-order valence-corrected chi connectivity index (χ2v) is 10.4. The van der Waals surface area contributed by atoms with Crippen molar-refractivity contribution in [2.24, 2.45) is 5.41 Å². The van der Waals surface area contributed by atoms with Crippen LogP contribution >= 0.6 is 11.3 Å². The zero-order valence-corrected chi connectivity index (χ0v) is 19.0. The Morgan fingerprint density at radius 2 is 1.61 bits per heavy atom. The molecule has 5 heteroatoms. The third-order valence-electron chi connectivity index (χ3n) is 7.21. The molecule has 3 aromatic carbocycles. The molecule has 0 saturated heterocycles. The number of rotatable bonds is 4. The lowest BCUT2D eigenvalue weighted by atomic mass is 9.52. The summed E-state index contributed by atoms with van der Waals surface area (Å²) in [5.74, 6) is 0.0235. The van der Waals surface area contributed by atoms with Gasteiger partial charge in [-0.1, -0.05) is 60.7 Å². The normalized spacial score (nSPS) is 22.5. The van der Waals surface area contributed by atoms with Crippen LogP contribution in [0.1, 0.15) is 57.9 Å². The van der Waals surface area contributed by atoms with Crippen LogP contribution in [0.5, 0.6) is 0 Å². The summed E-state index contributed by atoms with van der Waals surface area (Å²) in [6.45, 7) is 2.10. The summed E-state index contributed by atoms with van der Waals surface area (Å²) in [7, 11) is 0. The van der Waals surface area contributed by atoms with Crippen molar-refractivity contribution >= 4 is 22.4 Å². The molecule has 33 heavy (non-hydrogen) atoms. The minimum Gasteiger partial charge on any atom is -0.301 e. The van der Waals surface area contributed by atoms with Gasteiger partial charge in [-0.2, -0.15) is 0 Å². The van der Waals surface area contributed by atoms with E-state index in [0.29, 0.717) is 11.6 Å². The van der Waals surface area contributed by atoms with Gasteiger partial charge in [-0.3, -0.25) is 4.79 Å². The van der Waals surface area contributed by atoms with Crippen LogP contribution in [0.4, 0.5) is 9.52 Å². The summed E-state index contributed by atoms with van der Waals surface area (Å²) < 4.78 is 13.2. The highest BCUT2D eigenvalue weighted by Crippen LogP contribution is 2.61. The number of halogens is 1. The lowest BCUT2D eigenvalue weighted by molar-refractivity contribution is -0.126. The van der Waals surface area contributed by atoms with Gasteiger partial charge < -0.3 is 5.32 Å². The summed E-state index contributed by atoms with van der Waals surface area (Å²) in [5.41, 5.74) is 5.69. The van der Waals surface area contributed by atoms with Gasteiger partial charge in [0.05, 0.1) is 5.41 Å². The number of amides is 1. The first-order valence-corrected chi connectivity index (χ1v) is 12.0. The van der Waals surface area contributed by atoms with Gasteiger partial charge in [0.1, 0.15) is 5.82 Å². The van der Waals surface area contributed by atoms with Crippen molar-refractivity contribution in [3.8, 4) is 0 Å². The van der Waals surface area contributed by atoms with Gasteiger partial charge in [0.25, 0.3) is 0 Å². The first-order chi connectivity index (χ1) is 16.0. The number of hydrogen-bond donors (Lipinski definition) is 1. The fraction of sp³-hybridized carbons (Fsp3) is 0.214. The quantitative estimate of drug-likeness (QED) is 0.382. The Labute approximate surface area is 196 Å². The summed E-state index contributed by atoms with van der Waals surface area (Å²) in [5, 5.41) is 3.73. The Bertz CT molecular complexity index is 1310. The maximum absolute atomic E-state index is 13.7. The molecule has 3 aliphatic rings. The molecule has 1 heterocycles. The average Bonchev–Trinajstić information content (AvgIpc) is 3.27. The van der Waals surface area contributed by atoms with Crippen LogP contribution in [0.25, 0.3) is 0 Å². The van der Waals surface area contributed by atoms with E-state index < -0.39 is 5.41 Å². The third-order valence-corrected chi connectivity index (χ3v) is 8.13. The lowest BCUT2D eigenvalue weighted by Crippen LogP contribution is -2.47. The number of carbonyl (C=O) groups excluding carboxylic acids is 1. The maximum Gasteiger partial charge on any atom is 0.233 e. The predicted molar refractivity (Wildman–Crippen MR) is 129 cm³/mol. The van der Waals surface area contributed by atoms with Gasteiger partial charge in [0, 0.05) is 29.3 Å². The van der Waals surface area contributed by atoms with Gasteiger partial charge in [-0.25, -0.2) is 9.37 Å². The van der Waals surface area contributed by atoms with Crippen LogP contribution in [0.3, 0.4) is 0 Å². The molecule has 0 fully saturated rings. The monoisotopic (exact) mass is 454 g/mol. The maximum atomic E-state index is 13.7. The molecule has 4 aromatic rings. The van der Waals surface area contributed by atoms with Gasteiger partial charge in [0.2, 0.25) is 5.91 Å². The molecule has 164 valence electrons. The third kappa shape index (κ3) is 3.30. The van der Waals surface area contributed by atoms with Crippen LogP contribution in [0.2, 0.25) is 0 Å². The fourth-order valence-electron chi connectivity index (χ4n) is 5.68. The van der Waals surface area contributed by atoms with Crippen LogP contribution in [0.15, 0.2) is 79.0 Å². The van der Waals surface area contributed by atoms with E-state index in [4.69, 9.17) is 0 Å². The van der Waals surface area contributed by atoms with Gasteiger partial charge >= 0.3 is 0 Å². The van der Waals surface area contributed by atoms with Crippen molar-refractivity contribution in [3.05, 3.63) is 118 Å². The molecule has 0 radical (unpaired) electrons. The second-order valence-electron chi connectivity index (χ2n) is 9.25. The largest absolute Gasteiger partial charge is 0.301 e. The second kappa shape index (κ2) is 7.63. The van der Waals surface area contributed by atoms with E-state index >= 15 is 0 Å². The Kier molecular flexibility index (Phi) is 4.70. The zero-order chi connectivity index (χ0) is 22.6.